The zero-order valence-corrected chi connectivity index (χ0v) is 9.70. The molecule has 0 saturated heterocycles. The summed E-state index contributed by atoms with van der Waals surface area (Å²) in [6.07, 6.45) is 2.41. The van der Waals surface area contributed by atoms with E-state index >= 15 is 0 Å². The molecule has 0 amide bonds. The van der Waals surface area contributed by atoms with Crippen molar-refractivity contribution in [3.05, 3.63) is 35.4 Å². The van der Waals surface area contributed by atoms with E-state index in [1.807, 2.05) is 6.92 Å². The van der Waals surface area contributed by atoms with Crippen molar-refractivity contribution >= 4 is 0 Å². The molecule has 1 aliphatic rings. The van der Waals surface area contributed by atoms with Crippen molar-refractivity contribution < 1.29 is 4.74 Å². The van der Waals surface area contributed by atoms with Crippen LogP contribution >= 0.6 is 0 Å². The standard InChI is InChI=1S/C14H20O/c1-3-15-8-7-12-5-4-6-13(10-12)14-9-11(14)2/h4-6,10-11,14H,3,7-9H2,1-2H3. The lowest BCUT2D eigenvalue weighted by Crippen LogP contribution is -1.98. The van der Waals surface area contributed by atoms with E-state index < -0.39 is 0 Å². The van der Waals surface area contributed by atoms with E-state index in [1.165, 1.54) is 17.5 Å². The van der Waals surface area contributed by atoms with Gasteiger partial charge < -0.3 is 4.74 Å². The summed E-state index contributed by atoms with van der Waals surface area (Å²) in [5, 5.41) is 0. The average Bonchev–Trinajstić information content (AvgIpc) is 2.97. The molecule has 1 nitrogen and oxygen atoms in total. The van der Waals surface area contributed by atoms with Crippen molar-refractivity contribution in [2.45, 2.75) is 32.6 Å². The third kappa shape index (κ3) is 2.82. The fourth-order valence-electron chi connectivity index (χ4n) is 2.10. The normalized spacial score (nSPS) is 24.1. The van der Waals surface area contributed by atoms with Gasteiger partial charge in [-0.15, -0.1) is 0 Å². The lowest BCUT2D eigenvalue weighted by molar-refractivity contribution is 0.151. The van der Waals surface area contributed by atoms with Crippen LogP contribution in [0, 0.1) is 5.92 Å². The zero-order valence-electron chi connectivity index (χ0n) is 9.70. The highest BCUT2D eigenvalue weighted by Crippen LogP contribution is 2.46. The van der Waals surface area contributed by atoms with Gasteiger partial charge in [0.15, 0.2) is 0 Å². The molecule has 0 N–H and O–H groups in total. The summed E-state index contributed by atoms with van der Waals surface area (Å²) >= 11 is 0. The Balaban J connectivity index is 1.94. The minimum atomic E-state index is 0.819. The summed E-state index contributed by atoms with van der Waals surface area (Å²) in [4.78, 5) is 0. The summed E-state index contributed by atoms with van der Waals surface area (Å²) in [6, 6.07) is 9.00. The van der Waals surface area contributed by atoms with Crippen molar-refractivity contribution in [3.8, 4) is 0 Å². The molecule has 2 unspecified atom stereocenters. The first-order chi connectivity index (χ1) is 7.31. The topological polar surface area (TPSA) is 9.23 Å². The molecule has 1 aromatic rings. The Bertz CT molecular complexity index is 319. The van der Waals surface area contributed by atoms with E-state index in [1.54, 1.807) is 0 Å². The molecule has 15 heavy (non-hydrogen) atoms. The second-order valence-corrected chi connectivity index (χ2v) is 4.51. The first kappa shape index (κ1) is 10.7. The summed E-state index contributed by atoms with van der Waals surface area (Å²) in [5.41, 5.74) is 2.94. The van der Waals surface area contributed by atoms with E-state index in [9.17, 15) is 0 Å². The Morgan fingerprint density at radius 2 is 2.20 bits per heavy atom. The van der Waals surface area contributed by atoms with Gasteiger partial charge in [-0.25, -0.2) is 0 Å². The van der Waals surface area contributed by atoms with Gasteiger partial charge in [0.25, 0.3) is 0 Å². The van der Waals surface area contributed by atoms with Crippen LogP contribution in [-0.4, -0.2) is 13.2 Å². The fourth-order valence-corrected chi connectivity index (χ4v) is 2.10. The van der Waals surface area contributed by atoms with E-state index in [0.29, 0.717) is 0 Å². The van der Waals surface area contributed by atoms with E-state index in [4.69, 9.17) is 4.74 Å². The first-order valence-corrected chi connectivity index (χ1v) is 5.98. The highest BCUT2D eigenvalue weighted by atomic mass is 16.5. The van der Waals surface area contributed by atoms with Gasteiger partial charge in [0, 0.05) is 6.61 Å². The molecule has 1 aromatic carbocycles. The second kappa shape index (κ2) is 4.80. The molecule has 1 aliphatic carbocycles. The third-order valence-electron chi connectivity index (χ3n) is 3.23. The van der Waals surface area contributed by atoms with Crippen molar-refractivity contribution in [2.24, 2.45) is 5.92 Å². The maximum atomic E-state index is 5.37. The van der Waals surface area contributed by atoms with E-state index in [-0.39, 0.29) is 0 Å². The number of hydrogen-bond donors (Lipinski definition) is 0. The van der Waals surface area contributed by atoms with Crippen LogP contribution < -0.4 is 0 Å². The zero-order chi connectivity index (χ0) is 10.7. The van der Waals surface area contributed by atoms with Crippen LogP contribution in [0.4, 0.5) is 0 Å². The monoisotopic (exact) mass is 204 g/mol. The van der Waals surface area contributed by atoms with Gasteiger partial charge in [-0.2, -0.15) is 0 Å². The van der Waals surface area contributed by atoms with Gasteiger partial charge in [-0.1, -0.05) is 31.2 Å². The van der Waals surface area contributed by atoms with Crippen LogP contribution in [0.15, 0.2) is 24.3 Å². The molecule has 0 bridgehead atoms. The van der Waals surface area contributed by atoms with Crippen LogP contribution in [0.3, 0.4) is 0 Å². The Morgan fingerprint density at radius 1 is 1.40 bits per heavy atom. The predicted molar refractivity (Wildman–Crippen MR) is 63.2 cm³/mol. The largest absolute Gasteiger partial charge is 0.381 e. The molecular formula is C14H20O. The van der Waals surface area contributed by atoms with E-state index in [2.05, 4.69) is 31.2 Å². The molecular weight excluding hydrogens is 184 g/mol. The molecule has 0 aliphatic heterocycles. The highest BCUT2D eigenvalue weighted by Gasteiger charge is 2.33. The highest BCUT2D eigenvalue weighted by molar-refractivity contribution is 5.30. The van der Waals surface area contributed by atoms with Crippen LogP contribution in [-0.2, 0) is 11.2 Å². The molecule has 0 heterocycles. The summed E-state index contributed by atoms with van der Waals surface area (Å²) < 4.78 is 5.37. The third-order valence-corrected chi connectivity index (χ3v) is 3.23. The quantitative estimate of drug-likeness (QED) is 0.668. The molecule has 1 saturated carbocycles. The van der Waals surface area contributed by atoms with Crippen LogP contribution in [0.1, 0.15) is 37.3 Å². The Morgan fingerprint density at radius 3 is 2.87 bits per heavy atom. The van der Waals surface area contributed by atoms with Gasteiger partial charge in [-0.05, 0) is 42.7 Å². The lowest BCUT2D eigenvalue weighted by Gasteiger charge is -2.04. The summed E-state index contributed by atoms with van der Waals surface area (Å²) in [7, 11) is 0. The number of ether oxygens (including phenoxy) is 1. The van der Waals surface area contributed by atoms with Crippen LogP contribution in [0.25, 0.3) is 0 Å². The smallest absolute Gasteiger partial charge is 0.0506 e. The van der Waals surface area contributed by atoms with Crippen LogP contribution in [0.5, 0.6) is 0 Å². The summed E-state index contributed by atoms with van der Waals surface area (Å²) in [5.74, 6) is 1.73. The van der Waals surface area contributed by atoms with E-state index in [0.717, 1.165) is 31.5 Å². The van der Waals surface area contributed by atoms with Crippen molar-refractivity contribution in [1.29, 1.82) is 0 Å². The molecule has 0 aromatic heterocycles. The Hall–Kier alpha value is -0.820. The van der Waals surface area contributed by atoms with Gasteiger partial charge in [0.1, 0.15) is 0 Å². The molecule has 0 radical (unpaired) electrons. The maximum absolute atomic E-state index is 5.37. The number of benzene rings is 1. The fraction of sp³-hybridized carbons (Fsp3) is 0.571. The summed E-state index contributed by atoms with van der Waals surface area (Å²) in [6.45, 7) is 6.04. The number of hydrogen-bond acceptors (Lipinski definition) is 1. The minimum absolute atomic E-state index is 0.819. The SMILES string of the molecule is CCOCCc1cccc(C2CC2C)c1. The minimum Gasteiger partial charge on any atom is -0.381 e. The van der Waals surface area contributed by atoms with Crippen molar-refractivity contribution in [1.82, 2.24) is 0 Å². The Kier molecular flexibility index (Phi) is 3.42. The number of rotatable bonds is 5. The lowest BCUT2D eigenvalue weighted by atomic mass is 10.0. The maximum Gasteiger partial charge on any atom is 0.0506 e. The Labute approximate surface area is 92.5 Å². The van der Waals surface area contributed by atoms with Gasteiger partial charge in [0.05, 0.1) is 6.61 Å². The first-order valence-electron chi connectivity index (χ1n) is 5.98. The molecule has 2 rings (SSSR count). The van der Waals surface area contributed by atoms with Crippen molar-refractivity contribution in [2.75, 3.05) is 13.2 Å². The predicted octanol–water partition coefficient (Wildman–Crippen LogP) is 3.39. The molecule has 82 valence electrons. The van der Waals surface area contributed by atoms with Gasteiger partial charge in [0.2, 0.25) is 0 Å². The molecule has 1 fully saturated rings. The van der Waals surface area contributed by atoms with Crippen molar-refractivity contribution in [3.63, 3.8) is 0 Å². The van der Waals surface area contributed by atoms with Gasteiger partial charge in [-0.3, -0.25) is 0 Å². The van der Waals surface area contributed by atoms with Crippen LogP contribution in [0.2, 0.25) is 0 Å². The second-order valence-electron chi connectivity index (χ2n) is 4.51. The molecule has 2 atom stereocenters. The average molecular weight is 204 g/mol. The molecule has 1 heteroatoms. The van der Waals surface area contributed by atoms with Gasteiger partial charge >= 0.3 is 0 Å². The molecule has 0 spiro atoms.